The third-order valence-electron chi connectivity index (χ3n) is 2.46. The van der Waals surface area contributed by atoms with Gasteiger partial charge in [-0.05, 0) is 5.56 Å². The van der Waals surface area contributed by atoms with Gasteiger partial charge in [0.1, 0.15) is 0 Å². The van der Waals surface area contributed by atoms with Gasteiger partial charge in [0.25, 0.3) is 0 Å². The zero-order chi connectivity index (χ0) is 8.93. The lowest BCUT2D eigenvalue weighted by Gasteiger charge is -2.27. The summed E-state index contributed by atoms with van der Waals surface area (Å²) in [5.74, 6) is 0. The van der Waals surface area contributed by atoms with Gasteiger partial charge in [0.2, 0.25) is 0 Å². The van der Waals surface area contributed by atoms with Gasteiger partial charge in [-0.15, -0.1) is 0 Å². The van der Waals surface area contributed by atoms with Crippen LogP contribution in [0.2, 0.25) is 0 Å². The quantitative estimate of drug-likeness (QED) is 0.767. The summed E-state index contributed by atoms with van der Waals surface area (Å²) < 4.78 is 0. The van der Waals surface area contributed by atoms with Crippen molar-refractivity contribution in [1.29, 1.82) is 0 Å². The lowest BCUT2D eigenvalue weighted by atomic mass is 10.2. The number of nitrogens with zero attached hydrogens (tertiary/aromatic N) is 1. The average molecular weight is 192 g/mol. The van der Waals surface area contributed by atoms with E-state index in [1.165, 1.54) is 18.7 Å². The van der Waals surface area contributed by atoms with E-state index in [0.717, 1.165) is 19.6 Å². The lowest BCUT2D eigenvalue weighted by Crippen LogP contribution is -2.42. The van der Waals surface area contributed by atoms with Crippen LogP contribution in [0, 0.1) is 0 Å². The Morgan fingerprint density at radius 1 is 1.07 bits per heavy atom. The van der Waals surface area contributed by atoms with Crippen LogP contribution < -0.4 is 5.32 Å². The highest BCUT2D eigenvalue weighted by Gasteiger charge is 2.08. The highest BCUT2D eigenvalue weighted by Crippen LogP contribution is 2.04. The Balaban J connectivity index is 0.000000980. The molecule has 0 amide bonds. The highest BCUT2D eigenvalue weighted by atomic mass is 15.2. The number of benzene rings is 1. The molecule has 2 nitrogen and oxygen atoms in total. The van der Waals surface area contributed by atoms with Crippen molar-refractivity contribution in [2.24, 2.45) is 0 Å². The van der Waals surface area contributed by atoms with Crippen LogP contribution in [0.5, 0.6) is 0 Å². The Kier molecular flexibility index (Phi) is 4.63. The molecule has 0 bridgehead atoms. The molecular formula is C12H20N2. The number of rotatable bonds is 2. The molecule has 0 spiro atoms. The summed E-state index contributed by atoms with van der Waals surface area (Å²) in [5, 5.41) is 3.36. The molecular weight excluding hydrogens is 172 g/mol. The van der Waals surface area contributed by atoms with Crippen molar-refractivity contribution in [3.63, 3.8) is 0 Å². The van der Waals surface area contributed by atoms with Crippen LogP contribution in [0.25, 0.3) is 0 Å². The van der Waals surface area contributed by atoms with E-state index in [1.807, 2.05) is 0 Å². The minimum atomic E-state index is 0. The Morgan fingerprint density at radius 3 is 2.36 bits per heavy atom. The second-order valence-corrected chi connectivity index (χ2v) is 3.51. The van der Waals surface area contributed by atoms with E-state index in [-0.39, 0.29) is 7.43 Å². The first-order valence-corrected chi connectivity index (χ1v) is 4.92. The fourth-order valence-electron chi connectivity index (χ4n) is 1.71. The maximum absolute atomic E-state index is 3.36. The van der Waals surface area contributed by atoms with E-state index < -0.39 is 0 Å². The van der Waals surface area contributed by atoms with Gasteiger partial charge in [-0.3, -0.25) is 4.90 Å². The van der Waals surface area contributed by atoms with Crippen LogP contribution >= 0.6 is 0 Å². The average Bonchev–Trinajstić information content (AvgIpc) is 2.21. The molecule has 0 unspecified atom stereocenters. The maximum atomic E-state index is 3.36. The third-order valence-corrected chi connectivity index (χ3v) is 2.46. The molecule has 1 aromatic rings. The molecule has 1 aromatic carbocycles. The fourth-order valence-corrected chi connectivity index (χ4v) is 1.71. The number of piperazine rings is 1. The first-order chi connectivity index (χ1) is 6.45. The summed E-state index contributed by atoms with van der Waals surface area (Å²) in [6, 6.07) is 10.7. The van der Waals surface area contributed by atoms with Gasteiger partial charge >= 0.3 is 0 Å². The van der Waals surface area contributed by atoms with E-state index in [0.29, 0.717) is 0 Å². The van der Waals surface area contributed by atoms with Crippen LogP contribution in [-0.2, 0) is 6.54 Å². The normalized spacial score (nSPS) is 17.4. The molecule has 1 aliphatic heterocycles. The van der Waals surface area contributed by atoms with E-state index >= 15 is 0 Å². The van der Waals surface area contributed by atoms with Crippen molar-refractivity contribution in [2.75, 3.05) is 26.2 Å². The van der Waals surface area contributed by atoms with Crippen LogP contribution in [0.1, 0.15) is 13.0 Å². The Labute approximate surface area is 86.9 Å². The van der Waals surface area contributed by atoms with E-state index in [1.54, 1.807) is 0 Å². The summed E-state index contributed by atoms with van der Waals surface area (Å²) in [6.45, 7) is 5.71. The zero-order valence-corrected chi connectivity index (χ0v) is 7.87. The number of nitrogens with one attached hydrogen (secondary N) is 1. The minimum Gasteiger partial charge on any atom is -0.314 e. The summed E-state index contributed by atoms with van der Waals surface area (Å²) in [5.41, 5.74) is 1.42. The van der Waals surface area contributed by atoms with Gasteiger partial charge in [0.05, 0.1) is 0 Å². The second-order valence-electron chi connectivity index (χ2n) is 3.51. The van der Waals surface area contributed by atoms with Gasteiger partial charge in [-0.25, -0.2) is 0 Å². The maximum Gasteiger partial charge on any atom is 0.0234 e. The molecule has 0 saturated carbocycles. The Bertz CT molecular complexity index is 240. The van der Waals surface area contributed by atoms with Crippen LogP contribution in [-0.4, -0.2) is 31.1 Å². The molecule has 0 atom stereocenters. The van der Waals surface area contributed by atoms with Gasteiger partial charge in [0.15, 0.2) is 0 Å². The SMILES string of the molecule is C.c1ccc(CN2CCNCC2)cc1. The van der Waals surface area contributed by atoms with Crippen molar-refractivity contribution in [3.8, 4) is 0 Å². The summed E-state index contributed by atoms with van der Waals surface area (Å²) >= 11 is 0. The third kappa shape index (κ3) is 3.13. The molecule has 1 heterocycles. The number of hydrogen-bond acceptors (Lipinski definition) is 2. The molecule has 14 heavy (non-hydrogen) atoms. The lowest BCUT2D eigenvalue weighted by molar-refractivity contribution is 0.233. The minimum absolute atomic E-state index is 0. The monoisotopic (exact) mass is 192 g/mol. The smallest absolute Gasteiger partial charge is 0.0234 e. The molecule has 0 aliphatic carbocycles. The van der Waals surface area contributed by atoms with Gasteiger partial charge in [-0.1, -0.05) is 37.8 Å². The van der Waals surface area contributed by atoms with Crippen LogP contribution in [0.4, 0.5) is 0 Å². The largest absolute Gasteiger partial charge is 0.314 e. The first kappa shape index (κ1) is 11.2. The van der Waals surface area contributed by atoms with Crippen molar-refractivity contribution in [1.82, 2.24) is 10.2 Å². The van der Waals surface area contributed by atoms with E-state index in [9.17, 15) is 0 Å². The topological polar surface area (TPSA) is 15.3 Å². The van der Waals surface area contributed by atoms with Crippen molar-refractivity contribution in [3.05, 3.63) is 35.9 Å². The molecule has 78 valence electrons. The molecule has 2 rings (SSSR count). The second kappa shape index (κ2) is 5.78. The molecule has 1 fully saturated rings. The molecule has 2 heteroatoms. The van der Waals surface area contributed by atoms with Crippen LogP contribution in [0.3, 0.4) is 0 Å². The van der Waals surface area contributed by atoms with E-state index in [2.05, 4.69) is 40.5 Å². The highest BCUT2D eigenvalue weighted by molar-refractivity contribution is 5.14. The summed E-state index contributed by atoms with van der Waals surface area (Å²) in [4.78, 5) is 2.49. The van der Waals surface area contributed by atoms with Gasteiger partial charge < -0.3 is 5.32 Å². The fraction of sp³-hybridized carbons (Fsp3) is 0.500. The Morgan fingerprint density at radius 2 is 1.71 bits per heavy atom. The predicted molar refractivity (Wildman–Crippen MR) is 61.3 cm³/mol. The zero-order valence-electron chi connectivity index (χ0n) is 7.87. The summed E-state index contributed by atoms with van der Waals surface area (Å²) in [6.07, 6.45) is 0. The molecule has 0 aromatic heterocycles. The van der Waals surface area contributed by atoms with E-state index in [4.69, 9.17) is 0 Å². The molecule has 1 aliphatic rings. The molecule has 1 saturated heterocycles. The number of hydrogen-bond donors (Lipinski definition) is 1. The van der Waals surface area contributed by atoms with Crippen LogP contribution in [0.15, 0.2) is 30.3 Å². The summed E-state index contributed by atoms with van der Waals surface area (Å²) in [7, 11) is 0. The van der Waals surface area contributed by atoms with Crippen molar-refractivity contribution < 1.29 is 0 Å². The molecule has 1 N–H and O–H groups in total. The Hall–Kier alpha value is -0.860. The first-order valence-electron chi connectivity index (χ1n) is 4.92. The predicted octanol–water partition coefficient (Wildman–Crippen LogP) is 1.73. The molecule has 0 radical (unpaired) electrons. The van der Waals surface area contributed by atoms with Gasteiger partial charge in [-0.2, -0.15) is 0 Å². The van der Waals surface area contributed by atoms with Gasteiger partial charge in [0, 0.05) is 32.7 Å². The van der Waals surface area contributed by atoms with Crippen molar-refractivity contribution in [2.45, 2.75) is 14.0 Å². The van der Waals surface area contributed by atoms with Crippen molar-refractivity contribution >= 4 is 0 Å². The standard InChI is InChI=1S/C11H16N2.CH4/c1-2-4-11(5-3-1)10-13-8-6-12-7-9-13;/h1-5,12H,6-10H2;1H4.